The Morgan fingerprint density at radius 2 is 2.07 bits per heavy atom. The molecule has 0 fully saturated rings. The molecule has 4 heteroatoms. The van der Waals surface area contributed by atoms with E-state index in [0.29, 0.717) is 0 Å². The third kappa shape index (κ3) is 7.34. The van der Waals surface area contributed by atoms with Crippen molar-refractivity contribution < 1.29 is 4.79 Å². The van der Waals surface area contributed by atoms with E-state index in [4.69, 9.17) is 5.73 Å². The van der Waals surface area contributed by atoms with Gasteiger partial charge in [0.15, 0.2) is 0 Å². The highest BCUT2D eigenvalue weighted by atomic mass is 16.2. The number of urea groups is 1. The number of allylic oxidation sites excluding steroid dienone is 2. The number of primary amides is 1. The second-order valence-corrected chi connectivity index (χ2v) is 4.21. The van der Waals surface area contributed by atoms with Crippen molar-refractivity contribution in [2.45, 2.75) is 34.1 Å². The maximum absolute atomic E-state index is 10.3. The van der Waals surface area contributed by atoms with Crippen LogP contribution in [0.15, 0.2) is 16.8 Å². The van der Waals surface area contributed by atoms with Crippen molar-refractivity contribution in [2.24, 2.45) is 16.3 Å². The van der Waals surface area contributed by atoms with Gasteiger partial charge in [0.05, 0.1) is 0 Å². The van der Waals surface area contributed by atoms with E-state index < -0.39 is 6.03 Å². The van der Waals surface area contributed by atoms with Crippen LogP contribution >= 0.6 is 0 Å². The van der Waals surface area contributed by atoms with Crippen LogP contribution in [0.4, 0.5) is 4.79 Å². The molecular weight excluding hydrogens is 178 g/mol. The monoisotopic (exact) mass is 197 g/mol. The van der Waals surface area contributed by atoms with Crippen LogP contribution in [-0.4, -0.2) is 12.2 Å². The topological polar surface area (TPSA) is 67.5 Å². The van der Waals surface area contributed by atoms with Crippen molar-refractivity contribution in [1.82, 2.24) is 5.43 Å². The Labute approximate surface area is 85.3 Å². The fourth-order valence-electron chi connectivity index (χ4n) is 0.791. The number of carbonyl (C=O) groups excluding carboxylic acids is 1. The zero-order chi connectivity index (χ0) is 11.2. The number of amides is 2. The predicted octanol–water partition coefficient (Wildman–Crippen LogP) is 2.02. The molecule has 0 radical (unpaired) electrons. The summed E-state index contributed by atoms with van der Waals surface area (Å²) in [4.78, 5) is 10.3. The molecule has 0 saturated carbocycles. The van der Waals surface area contributed by atoms with Crippen LogP contribution in [0.25, 0.3) is 0 Å². The normalized spacial score (nSPS) is 11.4. The van der Waals surface area contributed by atoms with Gasteiger partial charge in [-0.2, -0.15) is 5.10 Å². The number of hydrogen-bond acceptors (Lipinski definition) is 2. The fraction of sp³-hybridized carbons (Fsp3) is 0.600. The quantitative estimate of drug-likeness (QED) is 0.404. The number of nitrogens with zero attached hydrogens (tertiary/aromatic N) is 1. The summed E-state index contributed by atoms with van der Waals surface area (Å²) in [5.74, 6) is 0. The van der Waals surface area contributed by atoms with E-state index in [1.807, 2.05) is 13.8 Å². The first kappa shape index (κ1) is 12.7. The van der Waals surface area contributed by atoms with Gasteiger partial charge in [-0.1, -0.05) is 25.5 Å². The maximum Gasteiger partial charge on any atom is 0.332 e. The third-order valence-corrected chi connectivity index (χ3v) is 1.63. The van der Waals surface area contributed by atoms with Crippen LogP contribution in [0, 0.1) is 5.41 Å². The van der Waals surface area contributed by atoms with Gasteiger partial charge in [0.2, 0.25) is 0 Å². The third-order valence-electron chi connectivity index (χ3n) is 1.63. The average Bonchev–Trinajstić information content (AvgIpc) is 2.00. The molecule has 4 nitrogen and oxygen atoms in total. The number of rotatable bonds is 4. The summed E-state index contributed by atoms with van der Waals surface area (Å²) in [5, 5.41) is 3.74. The number of hydrogen-bond donors (Lipinski definition) is 2. The van der Waals surface area contributed by atoms with Crippen LogP contribution in [0.2, 0.25) is 0 Å². The highest BCUT2D eigenvalue weighted by molar-refractivity contribution is 5.73. The first-order chi connectivity index (χ1) is 6.33. The molecule has 0 atom stereocenters. The summed E-state index contributed by atoms with van der Waals surface area (Å²) in [6.07, 6.45) is 4.72. The van der Waals surface area contributed by atoms with E-state index in [-0.39, 0.29) is 5.41 Å². The number of nitrogens with two attached hydrogens (primary N) is 1. The van der Waals surface area contributed by atoms with E-state index in [1.165, 1.54) is 5.57 Å². The Morgan fingerprint density at radius 1 is 1.50 bits per heavy atom. The molecule has 2 amide bonds. The van der Waals surface area contributed by atoms with Gasteiger partial charge in [-0.15, -0.1) is 0 Å². The zero-order valence-electron chi connectivity index (χ0n) is 9.29. The van der Waals surface area contributed by atoms with Gasteiger partial charge in [-0.25, -0.2) is 10.2 Å². The van der Waals surface area contributed by atoms with Gasteiger partial charge in [0.1, 0.15) is 0 Å². The van der Waals surface area contributed by atoms with E-state index in [1.54, 1.807) is 6.21 Å². The Hall–Kier alpha value is -1.32. The van der Waals surface area contributed by atoms with Crippen LogP contribution in [0.5, 0.6) is 0 Å². The van der Waals surface area contributed by atoms with Gasteiger partial charge < -0.3 is 5.73 Å². The molecule has 0 spiro atoms. The van der Waals surface area contributed by atoms with Crippen molar-refractivity contribution in [2.75, 3.05) is 0 Å². The summed E-state index contributed by atoms with van der Waals surface area (Å²) in [6, 6.07) is -0.640. The Bertz CT molecular complexity index is 250. The number of carbonyl (C=O) groups is 1. The SMILES string of the molecule is CC(C)=CCC(C)(C)C=NNC(N)=O. The lowest BCUT2D eigenvalue weighted by atomic mass is 9.90. The van der Waals surface area contributed by atoms with E-state index in [0.717, 1.165) is 6.42 Å². The molecule has 0 aliphatic rings. The average molecular weight is 197 g/mol. The van der Waals surface area contributed by atoms with Gasteiger partial charge in [-0.3, -0.25) is 0 Å². The lowest BCUT2D eigenvalue weighted by Crippen LogP contribution is -2.26. The second-order valence-electron chi connectivity index (χ2n) is 4.21. The van der Waals surface area contributed by atoms with Gasteiger partial charge >= 0.3 is 6.03 Å². The molecule has 14 heavy (non-hydrogen) atoms. The maximum atomic E-state index is 10.3. The lowest BCUT2D eigenvalue weighted by Gasteiger charge is -2.16. The van der Waals surface area contributed by atoms with Crippen LogP contribution < -0.4 is 11.2 Å². The zero-order valence-corrected chi connectivity index (χ0v) is 9.29. The van der Waals surface area contributed by atoms with E-state index in [2.05, 4.69) is 30.5 Å². The summed E-state index contributed by atoms with van der Waals surface area (Å²) in [5.41, 5.74) is 8.25. The van der Waals surface area contributed by atoms with E-state index >= 15 is 0 Å². The molecule has 0 heterocycles. The minimum absolute atomic E-state index is 0.0697. The molecule has 0 unspecified atom stereocenters. The van der Waals surface area contributed by atoms with Crippen molar-refractivity contribution in [3.05, 3.63) is 11.6 Å². The van der Waals surface area contributed by atoms with Gasteiger partial charge in [0.25, 0.3) is 0 Å². The summed E-state index contributed by atoms with van der Waals surface area (Å²) in [7, 11) is 0. The molecule has 0 aromatic heterocycles. The van der Waals surface area contributed by atoms with Crippen LogP contribution in [-0.2, 0) is 0 Å². The fourth-order valence-corrected chi connectivity index (χ4v) is 0.791. The molecule has 0 aliphatic heterocycles. The smallest absolute Gasteiger partial charge is 0.332 e. The summed E-state index contributed by atoms with van der Waals surface area (Å²) in [6.45, 7) is 8.18. The number of hydrazone groups is 1. The van der Waals surface area contributed by atoms with Crippen molar-refractivity contribution in [3.8, 4) is 0 Å². The largest absolute Gasteiger partial charge is 0.350 e. The minimum atomic E-state index is -0.640. The summed E-state index contributed by atoms with van der Waals surface area (Å²) >= 11 is 0. The standard InChI is InChI=1S/C10H19N3O/c1-8(2)5-6-10(3,4)7-12-13-9(11)14/h5,7H,6H2,1-4H3,(H3,11,13,14). The predicted molar refractivity (Wildman–Crippen MR) is 59.0 cm³/mol. The van der Waals surface area contributed by atoms with Crippen LogP contribution in [0.1, 0.15) is 34.1 Å². The Morgan fingerprint density at radius 3 is 2.50 bits per heavy atom. The summed E-state index contributed by atoms with van der Waals surface area (Å²) < 4.78 is 0. The molecular formula is C10H19N3O. The lowest BCUT2D eigenvalue weighted by molar-refractivity contribution is 0.249. The Balaban J connectivity index is 4.12. The van der Waals surface area contributed by atoms with Gasteiger partial charge in [-0.05, 0) is 20.3 Å². The molecule has 0 rings (SSSR count). The molecule has 0 bridgehead atoms. The number of nitrogens with one attached hydrogen (secondary N) is 1. The van der Waals surface area contributed by atoms with Gasteiger partial charge in [0, 0.05) is 11.6 Å². The molecule has 0 aromatic carbocycles. The molecule has 0 aliphatic carbocycles. The van der Waals surface area contributed by atoms with Crippen molar-refractivity contribution in [3.63, 3.8) is 0 Å². The Kier molecular flexibility index (Phi) is 4.91. The van der Waals surface area contributed by atoms with E-state index in [9.17, 15) is 4.79 Å². The molecule has 0 saturated heterocycles. The molecule has 0 aromatic rings. The molecule has 3 N–H and O–H groups in total. The van der Waals surface area contributed by atoms with Crippen molar-refractivity contribution in [1.29, 1.82) is 0 Å². The highest BCUT2D eigenvalue weighted by Gasteiger charge is 2.12. The second kappa shape index (κ2) is 5.42. The van der Waals surface area contributed by atoms with Crippen LogP contribution in [0.3, 0.4) is 0 Å². The first-order valence-corrected chi connectivity index (χ1v) is 4.56. The minimum Gasteiger partial charge on any atom is -0.350 e. The highest BCUT2D eigenvalue weighted by Crippen LogP contribution is 2.18. The first-order valence-electron chi connectivity index (χ1n) is 4.56. The molecule has 80 valence electrons. The van der Waals surface area contributed by atoms with Crippen molar-refractivity contribution >= 4 is 12.2 Å².